The molecule has 1 aliphatic rings. The molecule has 1 fully saturated rings. The van der Waals surface area contributed by atoms with Crippen molar-refractivity contribution in [3.05, 3.63) is 0 Å². The molecule has 0 aliphatic heterocycles. The van der Waals surface area contributed by atoms with E-state index in [1.54, 1.807) is 0 Å². The van der Waals surface area contributed by atoms with Crippen LogP contribution in [0.1, 0.15) is 19.8 Å². The molecule has 0 saturated heterocycles. The average molecular weight is 193 g/mol. The van der Waals surface area contributed by atoms with Gasteiger partial charge in [-0.05, 0) is 12.8 Å². The van der Waals surface area contributed by atoms with Crippen molar-refractivity contribution in [2.75, 3.05) is 0 Å². The van der Waals surface area contributed by atoms with Gasteiger partial charge in [0.05, 0.1) is 5.41 Å². The van der Waals surface area contributed by atoms with E-state index in [1.165, 1.54) is 0 Å². The maximum atomic E-state index is 10.5. The largest absolute Gasteiger partial charge is 0.481 e. The summed E-state index contributed by atoms with van der Waals surface area (Å²) in [6.45, 7) is 1.89. The molecule has 1 saturated carbocycles. The third kappa shape index (κ3) is 0.980. The number of hydrogen-bond donors (Lipinski definition) is 1. The number of aliphatic carboxylic acids is 1. The van der Waals surface area contributed by atoms with Gasteiger partial charge in [0, 0.05) is 4.83 Å². The maximum Gasteiger partial charge on any atom is 0.310 e. The van der Waals surface area contributed by atoms with E-state index in [-0.39, 0.29) is 4.83 Å². The minimum absolute atomic E-state index is 0.113. The second-order valence-corrected chi connectivity index (χ2v) is 3.95. The summed E-state index contributed by atoms with van der Waals surface area (Å²) in [7, 11) is 0. The minimum atomic E-state index is -0.660. The SMILES string of the molecule is C[C@H](Br)C1(C(=O)O)CC1. The predicted molar refractivity (Wildman–Crippen MR) is 37.7 cm³/mol. The molecule has 0 aromatic heterocycles. The van der Waals surface area contributed by atoms with E-state index in [4.69, 9.17) is 5.11 Å². The standard InChI is InChI=1S/C6H9BrO2/c1-4(7)6(2-3-6)5(8)9/h4H,2-3H2,1H3,(H,8,9)/t4-/m0/s1. The molecule has 0 bridgehead atoms. The molecule has 1 atom stereocenters. The van der Waals surface area contributed by atoms with Gasteiger partial charge >= 0.3 is 5.97 Å². The highest BCUT2D eigenvalue weighted by molar-refractivity contribution is 9.09. The average Bonchev–Trinajstić information content (AvgIpc) is 2.40. The van der Waals surface area contributed by atoms with E-state index in [1.807, 2.05) is 6.92 Å². The number of hydrogen-bond acceptors (Lipinski definition) is 1. The second kappa shape index (κ2) is 1.97. The number of carboxylic acids is 1. The molecule has 1 rings (SSSR count). The van der Waals surface area contributed by atoms with Gasteiger partial charge in [0.2, 0.25) is 0 Å². The Hall–Kier alpha value is -0.0500. The van der Waals surface area contributed by atoms with Crippen molar-refractivity contribution in [2.24, 2.45) is 5.41 Å². The van der Waals surface area contributed by atoms with Gasteiger partial charge < -0.3 is 5.11 Å². The third-order valence-electron chi connectivity index (χ3n) is 1.98. The molecule has 0 aromatic carbocycles. The fourth-order valence-electron chi connectivity index (χ4n) is 0.916. The summed E-state index contributed by atoms with van der Waals surface area (Å²) in [5.74, 6) is -0.660. The van der Waals surface area contributed by atoms with Gasteiger partial charge in [-0.25, -0.2) is 0 Å². The molecule has 0 amide bonds. The molecule has 9 heavy (non-hydrogen) atoms. The fraction of sp³-hybridized carbons (Fsp3) is 0.833. The van der Waals surface area contributed by atoms with Crippen LogP contribution in [0.25, 0.3) is 0 Å². The minimum Gasteiger partial charge on any atom is -0.481 e. The Kier molecular flexibility index (Phi) is 1.55. The van der Waals surface area contributed by atoms with Crippen LogP contribution >= 0.6 is 15.9 Å². The van der Waals surface area contributed by atoms with Crippen LogP contribution in [0.2, 0.25) is 0 Å². The maximum absolute atomic E-state index is 10.5. The van der Waals surface area contributed by atoms with Crippen LogP contribution in [0.15, 0.2) is 0 Å². The normalized spacial score (nSPS) is 25.1. The summed E-state index contributed by atoms with van der Waals surface area (Å²) in [6.07, 6.45) is 1.66. The highest BCUT2D eigenvalue weighted by Crippen LogP contribution is 2.51. The number of halogens is 1. The van der Waals surface area contributed by atoms with E-state index < -0.39 is 11.4 Å². The summed E-state index contributed by atoms with van der Waals surface area (Å²) in [5.41, 5.74) is -0.417. The Bertz CT molecular complexity index is 138. The molecule has 0 aromatic rings. The summed E-state index contributed by atoms with van der Waals surface area (Å²) >= 11 is 3.28. The van der Waals surface area contributed by atoms with Crippen LogP contribution < -0.4 is 0 Å². The lowest BCUT2D eigenvalue weighted by Crippen LogP contribution is -2.22. The Morgan fingerprint density at radius 2 is 2.22 bits per heavy atom. The zero-order valence-electron chi connectivity index (χ0n) is 5.22. The molecule has 3 heteroatoms. The van der Waals surface area contributed by atoms with Gasteiger partial charge in [0.1, 0.15) is 0 Å². The number of alkyl halides is 1. The lowest BCUT2D eigenvalue weighted by molar-refractivity contribution is -0.143. The first-order chi connectivity index (χ1) is 4.09. The van der Waals surface area contributed by atoms with E-state index in [0.29, 0.717) is 0 Å². The summed E-state index contributed by atoms with van der Waals surface area (Å²) < 4.78 is 0. The monoisotopic (exact) mass is 192 g/mol. The van der Waals surface area contributed by atoms with Crippen molar-refractivity contribution in [2.45, 2.75) is 24.6 Å². The van der Waals surface area contributed by atoms with Gasteiger partial charge in [0.15, 0.2) is 0 Å². The summed E-state index contributed by atoms with van der Waals surface area (Å²) in [4.78, 5) is 10.6. The van der Waals surface area contributed by atoms with Crippen LogP contribution in [-0.4, -0.2) is 15.9 Å². The predicted octanol–water partition coefficient (Wildman–Crippen LogP) is 1.63. The van der Waals surface area contributed by atoms with Crippen LogP contribution in [-0.2, 0) is 4.79 Å². The molecule has 0 unspecified atom stereocenters. The Morgan fingerprint density at radius 1 is 1.78 bits per heavy atom. The zero-order chi connectivity index (χ0) is 7.07. The lowest BCUT2D eigenvalue weighted by Gasteiger charge is -2.10. The first-order valence-electron chi connectivity index (χ1n) is 2.97. The fourth-order valence-corrected chi connectivity index (χ4v) is 1.57. The molecule has 1 aliphatic carbocycles. The smallest absolute Gasteiger partial charge is 0.310 e. The van der Waals surface area contributed by atoms with Crippen molar-refractivity contribution in [3.63, 3.8) is 0 Å². The number of carbonyl (C=O) groups is 1. The van der Waals surface area contributed by atoms with Crippen LogP contribution in [0.3, 0.4) is 0 Å². The Labute approximate surface area is 62.4 Å². The highest BCUT2D eigenvalue weighted by atomic mass is 79.9. The molecule has 2 nitrogen and oxygen atoms in total. The van der Waals surface area contributed by atoms with Gasteiger partial charge in [-0.2, -0.15) is 0 Å². The molecule has 0 spiro atoms. The molecule has 52 valence electrons. The van der Waals surface area contributed by atoms with Gasteiger partial charge in [-0.15, -0.1) is 0 Å². The Morgan fingerprint density at radius 3 is 2.22 bits per heavy atom. The lowest BCUT2D eigenvalue weighted by atomic mass is 10.1. The molecule has 0 heterocycles. The zero-order valence-corrected chi connectivity index (χ0v) is 6.81. The highest BCUT2D eigenvalue weighted by Gasteiger charge is 2.53. The van der Waals surface area contributed by atoms with Gasteiger partial charge in [0.25, 0.3) is 0 Å². The van der Waals surface area contributed by atoms with E-state index in [0.717, 1.165) is 12.8 Å². The quantitative estimate of drug-likeness (QED) is 0.676. The summed E-state index contributed by atoms with van der Waals surface area (Å²) in [5, 5.41) is 8.64. The first kappa shape index (κ1) is 7.06. The van der Waals surface area contributed by atoms with Gasteiger partial charge in [-0.1, -0.05) is 22.9 Å². The van der Waals surface area contributed by atoms with E-state index >= 15 is 0 Å². The van der Waals surface area contributed by atoms with Crippen molar-refractivity contribution >= 4 is 21.9 Å². The van der Waals surface area contributed by atoms with Crippen LogP contribution in [0.5, 0.6) is 0 Å². The van der Waals surface area contributed by atoms with Crippen LogP contribution in [0, 0.1) is 5.41 Å². The van der Waals surface area contributed by atoms with E-state index in [2.05, 4.69) is 15.9 Å². The molecule has 1 N–H and O–H groups in total. The Balaban J connectivity index is 2.63. The van der Waals surface area contributed by atoms with Crippen molar-refractivity contribution < 1.29 is 9.90 Å². The second-order valence-electron chi connectivity index (χ2n) is 2.58. The molecule has 0 radical (unpaired) electrons. The van der Waals surface area contributed by atoms with E-state index in [9.17, 15) is 4.79 Å². The van der Waals surface area contributed by atoms with Crippen molar-refractivity contribution in [1.29, 1.82) is 0 Å². The third-order valence-corrected chi connectivity index (χ3v) is 2.85. The van der Waals surface area contributed by atoms with Crippen molar-refractivity contribution in [1.82, 2.24) is 0 Å². The first-order valence-corrected chi connectivity index (χ1v) is 3.88. The number of carboxylic acid groups (broad SMARTS) is 1. The summed E-state index contributed by atoms with van der Waals surface area (Å²) in [6, 6.07) is 0. The topological polar surface area (TPSA) is 37.3 Å². The van der Waals surface area contributed by atoms with Crippen molar-refractivity contribution in [3.8, 4) is 0 Å². The van der Waals surface area contributed by atoms with Gasteiger partial charge in [-0.3, -0.25) is 4.79 Å². The molecular formula is C6H9BrO2. The van der Waals surface area contributed by atoms with Crippen LogP contribution in [0.4, 0.5) is 0 Å². The molecular weight excluding hydrogens is 184 g/mol. The number of rotatable bonds is 2.